The summed E-state index contributed by atoms with van der Waals surface area (Å²) in [6, 6.07) is 15.8. The molecule has 0 aliphatic heterocycles. The maximum atomic E-state index is 11.7. The summed E-state index contributed by atoms with van der Waals surface area (Å²) in [6.07, 6.45) is -0.224. The predicted octanol–water partition coefficient (Wildman–Crippen LogP) is 2.07. The summed E-state index contributed by atoms with van der Waals surface area (Å²) in [5, 5.41) is 11.5. The number of nitrogens with one attached hydrogen (secondary N) is 1. The van der Waals surface area contributed by atoms with E-state index in [1.165, 1.54) is 0 Å². The number of alkyl carbamates (subject to hydrolysis) is 1. The van der Waals surface area contributed by atoms with E-state index < -0.39 is 18.1 Å². The van der Waals surface area contributed by atoms with E-state index in [1.54, 1.807) is 12.1 Å². The first-order valence-electron chi connectivity index (χ1n) is 7.55. The van der Waals surface area contributed by atoms with Crippen LogP contribution in [0.15, 0.2) is 54.6 Å². The van der Waals surface area contributed by atoms with Gasteiger partial charge in [0.1, 0.15) is 12.6 Å². The summed E-state index contributed by atoms with van der Waals surface area (Å²) < 4.78 is 5.12. The number of carbonyl (C=O) groups excluding carboxylic acids is 1. The van der Waals surface area contributed by atoms with Gasteiger partial charge in [0.2, 0.25) is 0 Å². The molecule has 6 heteroatoms. The van der Waals surface area contributed by atoms with Gasteiger partial charge in [0.05, 0.1) is 0 Å². The van der Waals surface area contributed by atoms with Crippen LogP contribution in [-0.4, -0.2) is 23.2 Å². The zero-order valence-electron chi connectivity index (χ0n) is 13.1. The highest BCUT2D eigenvalue weighted by atomic mass is 16.5. The number of carboxylic acid groups (broad SMARTS) is 1. The second kappa shape index (κ2) is 8.69. The zero-order chi connectivity index (χ0) is 17.4. The Labute approximate surface area is 140 Å². The number of hydrogen-bond donors (Lipinski definition) is 3. The summed E-state index contributed by atoms with van der Waals surface area (Å²) >= 11 is 0. The van der Waals surface area contributed by atoms with Gasteiger partial charge >= 0.3 is 12.1 Å². The molecular weight excluding hydrogens is 308 g/mol. The van der Waals surface area contributed by atoms with Crippen molar-refractivity contribution in [2.75, 3.05) is 0 Å². The molecule has 6 nitrogen and oxygen atoms in total. The predicted molar refractivity (Wildman–Crippen MR) is 89.2 cm³/mol. The molecule has 0 spiro atoms. The molecule has 0 heterocycles. The lowest BCUT2D eigenvalue weighted by Gasteiger charge is -2.09. The normalized spacial score (nSPS) is 11.5. The van der Waals surface area contributed by atoms with Crippen LogP contribution in [0.25, 0.3) is 0 Å². The topological polar surface area (TPSA) is 102 Å². The Morgan fingerprint density at radius 2 is 1.62 bits per heavy atom. The van der Waals surface area contributed by atoms with Crippen LogP contribution in [0.5, 0.6) is 0 Å². The van der Waals surface area contributed by atoms with Gasteiger partial charge in [-0.15, -0.1) is 0 Å². The monoisotopic (exact) mass is 328 g/mol. The molecule has 0 fully saturated rings. The van der Waals surface area contributed by atoms with Gasteiger partial charge in [-0.3, -0.25) is 4.79 Å². The number of aliphatic carboxylic acids is 1. The molecule has 1 amide bonds. The fraction of sp³-hybridized carbons (Fsp3) is 0.222. The highest BCUT2D eigenvalue weighted by molar-refractivity contribution is 5.73. The van der Waals surface area contributed by atoms with Gasteiger partial charge in [0, 0.05) is 6.54 Å². The number of hydrogen-bond acceptors (Lipinski definition) is 4. The van der Waals surface area contributed by atoms with Crippen molar-refractivity contribution >= 4 is 12.1 Å². The Morgan fingerprint density at radius 1 is 1.00 bits per heavy atom. The third-order valence-corrected chi connectivity index (χ3v) is 3.45. The van der Waals surface area contributed by atoms with E-state index in [9.17, 15) is 9.59 Å². The molecule has 2 aromatic rings. The number of carboxylic acids is 1. The smallest absolute Gasteiger partial charge is 0.407 e. The Kier molecular flexibility index (Phi) is 6.33. The number of amides is 1. The van der Waals surface area contributed by atoms with Gasteiger partial charge in [0.15, 0.2) is 0 Å². The van der Waals surface area contributed by atoms with Crippen molar-refractivity contribution in [3.05, 3.63) is 71.3 Å². The summed E-state index contributed by atoms with van der Waals surface area (Å²) in [6.45, 7) is 0.553. The van der Waals surface area contributed by atoms with Gasteiger partial charge in [0.25, 0.3) is 0 Å². The van der Waals surface area contributed by atoms with Crippen LogP contribution in [0.1, 0.15) is 16.7 Å². The quantitative estimate of drug-likeness (QED) is 0.722. The lowest BCUT2D eigenvalue weighted by Crippen LogP contribution is -2.32. The second-order valence-electron chi connectivity index (χ2n) is 5.38. The van der Waals surface area contributed by atoms with Crippen molar-refractivity contribution in [1.29, 1.82) is 0 Å². The molecule has 1 atom stereocenters. The van der Waals surface area contributed by atoms with E-state index in [1.807, 2.05) is 42.5 Å². The number of nitrogens with two attached hydrogens (primary N) is 1. The number of carbonyl (C=O) groups is 2. The Morgan fingerprint density at radius 3 is 2.25 bits per heavy atom. The molecule has 2 rings (SSSR count). The molecule has 0 bridgehead atoms. The number of ether oxygens (including phenoxy) is 1. The summed E-state index contributed by atoms with van der Waals surface area (Å²) in [7, 11) is 0. The molecule has 0 aromatic heterocycles. The first-order chi connectivity index (χ1) is 11.5. The molecular formula is C18H20N2O4. The molecule has 0 unspecified atom stereocenters. The minimum atomic E-state index is -1.03. The lowest BCUT2D eigenvalue weighted by atomic mass is 10.0. The fourth-order valence-electron chi connectivity index (χ4n) is 2.08. The van der Waals surface area contributed by atoms with Gasteiger partial charge in [-0.1, -0.05) is 54.6 Å². The van der Waals surface area contributed by atoms with Crippen LogP contribution in [0, 0.1) is 0 Å². The number of rotatable bonds is 7. The molecule has 4 N–H and O–H groups in total. The molecule has 0 aliphatic rings. The zero-order valence-corrected chi connectivity index (χ0v) is 13.1. The van der Waals surface area contributed by atoms with Crippen LogP contribution < -0.4 is 11.1 Å². The molecule has 0 saturated heterocycles. The van der Waals surface area contributed by atoms with Crippen LogP contribution in [0.3, 0.4) is 0 Å². The van der Waals surface area contributed by atoms with Crippen molar-refractivity contribution in [2.45, 2.75) is 25.6 Å². The van der Waals surface area contributed by atoms with E-state index in [2.05, 4.69) is 5.32 Å². The van der Waals surface area contributed by atoms with E-state index >= 15 is 0 Å². The van der Waals surface area contributed by atoms with Gasteiger partial charge in [-0.25, -0.2) is 4.79 Å². The third-order valence-electron chi connectivity index (χ3n) is 3.45. The third kappa shape index (κ3) is 5.73. The van der Waals surface area contributed by atoms with E-state index in [4.69, 9.17) is 15.6 Å². The van der Waals surface area contributed by atoms with E-state index in [0.717, 1.165) is 16.7 Å². The first kappa shape index (κ1) is 17.5. The SMILES string of the molecule is N[C@@H](Cc1ccc(CNC(=O)OCc2ccccc2)cc1)C(=O)O. The molecule has 2 aromatic carbocycles. The standard InChI is InChI=1S/C18H20N2O4/c19-16(17(21)22)10-13-6-8-14(9-7-13)11-20-18(23)24-12-15-4-2-1-3-5-15/h1-9,16H,10-12,19H2,(H,20,23)(H,21,22)/t16-/m0/s1. The molecule has 0 aliphatic carbocycles. The van der Waals surface area contributed by atoms with Crippen molar-refractivity contribution in [2.24, 2.45) is 5.73 Å². The molecule has 24 heavy (non-hydrogen) atoms. The molecule has 0 saturated carbocycles. The summed E-state index contributed by atoms with van der Waals surface area (Å²) in [5.74, 6) is -1.03. The lowest BCUT2D eigenvalue weighted by molar-refractivity contribution is -0.138. The van der Waals surface area contributed by atoms with Crippen molar-refractivity contribution in [3.8, 4) is 0 Å². The Bertz CT molecular complexity index is 671. The highest BCUT2D eigenvalue weighted by Gasteiger charge is 2.11. The van der Waals surface area contributed by atoms with Gasteiger partial charge in [-0.2, -0.15) is 0 Å². The Hall–Kier alpha value is -2.86. The molecule has 0 radical (unpaired) electrons. The van der Waals surface area contributed by atoms with Crippen molar-refractivity contribution < 1.29 is 19.4 Å². The maximum Gasteiger partial charge on any atom is 0.407 e. The highest BCUT2D eigenvalue weighted by Crippen LogP contribution is 2.07. The van der Waals surface area contributed by atoms with Crippen LogP contribution in [0.2, 0.25) is 0 Å². The largest absolute Gasteiger partial charge is 0.480 e. The number of benzene rings is 2. The average molecular weight is 328 g/mol. The summed E-state index contributed by atoms with van der Waals surface area (Å²) in [4.78, 5) is 22.4. The van der Waals surface area contributed by atoms with Crippen LogP contribution in [-0.2, 0) is 29.1 Å². The van der Waals surface area contributed by atoms with E-state index in [0.29, 0.717) is 6.54 Å². The molecule has 126 valence electrons. The fourth-order valence-corrected chi connectivity index (χ4v) is 2.08. The maximum absolute atomic E-state index is 11.7. The minimum absolute atomic E-state index is 0.221. The van der Waals surface area contributed by atoms with Gasteiger partial charge < -0.3 is 20.9 Å². The summed E-state index contributed by atoms with van der Waals surface area (Å²) in [5.41, 5.74) is 8.14. The minimum Gasteiger partial charge on any atom is -0.480 e. The van der Waals surface area contributed by atoms with Crippen molar-refractivity contribution in [3.63, 3.8) is 0 Å². The van der Waals surface area contributed by atoms with E-state index in [-0.39, 0.29) is 13.0 Å². The average Bonchev–Trinajstić information content (AvgIpc) is 2.60. The van der Waals surface area contributed by atoms with Crippen LogP contribution >= 0.6 is 0 Å². The Balaban J connectivity index is 1.75. The van der Waals surface area contributed by atoms with Crippen molar-refractivity contribution in [1.82, 2.24) is 5.32 Å². The van der Waals surface area contributed by atoms with Gasteiger partial charge in [-0.05, 0) is 23.1 Å². The van der Waals surface area contributed by atoms with Crippen LogP contribution in [0.4, 0.5) is 4.79 Å². The second-order valence-corrected chi connectivity index (χ2v) is 5.38. The first-order valence-corrected chi connectivity index (χ1v) is 7.55.